The van der Waals surface area contributed by atoms with Gasteiger partial charge in [0.25, 0.3) is 0 Å². The first-order valence-electron chi connectivity index (χ1n) is 6.34. The molecule has 2 aromatic heterocycles. The number of nitrogens with two attached hydrogens (primary N) is 1. The van der Waals surface area contributed by atoms with Gasteiger partial charge in [0.05, 0.1) is 23.3 Å². The van der Waals surface area contributed by atoms with Crippen LogP contribution in [-0.2, 0) is 12.7 Å². The Kier molecular flexibility index (Phi) is 3.17. The summed E-state index contributed by atoms with van der Waals surface area (Å²) >= 11 is 0. The predicted molar refractivity (Wildman–Crippen MR) is 73.5 cm³/mol. The van der Waals surface area contributed by atoms with E-state index in [-0.39, 0.29) is 6.54 Å². The zero-order valence-electron chi connectivity index (χ0n) is 10.9. The predicted octanol–water partition coefficient (Wildman–Crippen LogP) is 3.48. The van der Waals surface area contributed by atoms with E-state index in [2.05, 4.69) is 4.98 Å². The first kappa shape index (κ1) is 13.6. The molecule has 0 amide bonds. The molecule has 21 heavy (non-hydrogen) atoms. The number of alkyl halides is 3. The van der Waals surface area contributed by atoms with Crippen LogP contribution in [0.4, 0.5) is 13.2 Å². The van der Waals surface area contributed by atoms with Crippen molar-refractivity contribution in [1.82, 2.24) is 9.38 Å². The van der Waals surface area contributed by atoms with Crippen LogP contribution >= 0.6 is 0 Å². The summed E-state index contributed by atoms with van der Waals surface area (Å²) in [4.78, 5) is 4.43. The van der Waals surface area contributed by atoms with Crippen molar-refractivity contribution in [2.75, 3.05) is 0 Å². The highest BCUT2D eigenvalue weighted by Gasteiger charge is 2.30. The highest BCUT2D eigenvalue weighted by molar-refractivity contribution is 5.77. The molecule has 3 aromatic rings. The van der Waals surface area contributed by atoms with Crippen molar-refractivity contribution in [2.24, 2.45) is 5.73 Å². The third-order valence-corrected chi connectivity index (χ3v) is 3.29. The topological polar surface area (TPSA) is 43.3 Å². The first-order chi connectivity index (χ1) is 10.0. The molecular formula is C15H12F3N3. The van der Waals surface area contributed by atoms with Crippen LogP contribution in [0, 0.1) is 0 Å². The molecule has 0 aliphatic heterocycles. The zero-order valence-corrected chi connectivity index (χ0v) is 10.9. The molecule has 6 heteroatoms. The molecule has 2 N–H and O–H groups in total. The Morgan fingerprint density at radius 1 is 1.05 bits per heavy atom. The zero-order chi connectivity index (χ0) is 15.0. The van der Waals surface area contributed by atoms with Gasteiger partial charge in [-0.2, -0.15) is 13.2 Å². The van der Waals surface area contributed by atoms with Crippen molar-refractivity contribution >= 4 is 5.52 Å². The van der Waals surface area contributed by atoms with Gasteiger partial charge >= 0.3 is 6.18 Å². The second kappa shape index (κ2) is 4.89. The molecule has 0 unspecified atom stereocenters. The van der Waals surface area contributed by atoms with Crippen molar-refractivity contribution in [1.29, 1.82) is 0 Å². The maximum Gasteiger partial charge on any atom is 0.416 e. The molecule has 0 saturated heterocycles. The van der Waals surface area contributed by atoms with Gasteiger partial charge in [0, 0.05) is 11.8 Å². The Morgan fingerprint density at radius 2 is 1.76 bits per heavy atom. The molecular weight excluding hydrogens is 279 g/mol. The highest BCUT2D eigenvalue weighted by Crippen LogP contribution is 2.31. The second-order valence-corrected chi connectivity index (χ2v) is 4.61. The summed E-state index contributed by atoms with van der Waals surface area (Å²) < 4.78 is 39.6. The lowest BCUT2D eigenvalue weighted by atomic mass is 10.1. The van der Waals surface area contributed by atoms with Crippen LogP contribution < -0.4 is 5.73 Å². The van der Waals surface area contributed by atoms with E-state index in [1.165, 1.54) is 12.1 Å². The SMILES string of the molecule is NCc1nc(-c2ccc(C(F)(F)F)cc2)c2ccccn12. The molecule has 0 radical (unpaired) electrons. The van der Waals surface area contributed by atoms with Gasteiger partial charge in [0.15, 0.2) is 0 Å². The summed E-state index contributed by atoms with van der Waals surface area (Å²) in [5, 5.41) is 0. The van der Waals surface area contributed by atoms with Crippen LogP contribution in [-0.4, -0.2) is 9.38 Å². The number of fused-ring (bicyclic) bond motifs is 1. The van der Waals surface area contributed by atoms with E-state index >= 15 is 0 Å². The Balaban J connectivity index is 2.12. The van der Waals surface area contributed by atoms with Crippen molar-refractivity contribution in [3.05, 3.63) is 60.0 Å². The minimum atomic E-state index is -4.34. The number of imidazole rings is 1. The van der Waals surface area contributed by atoms with E-state index in [0.29, 0.717) is 17.1 Å². The number of halogens is 3. The number of aromatic nitrogens is 2. The van der Waals surface area contributed by atoms with Crippen LogP contribution in [0.5, 0.6) is 0 Å². The molecule has 0 atom stereocenters. The van der Waals surface area contributed by atoms with E-state index in [9.17, 15) is 13.2 Å². The maximum absolute atomic E-state index is 12.6. The van der Waals surface area contributed by atoms with Crippen molar-refractivity contribution < 1.29 is 13.2 Å². The summed E-state index contributed by atoms with van der Waals surface area (Å²) in [5.41, 5.74) is 7.06. The fourth-order valence-electron chi connectivity index (χ4n) is 2.27. The Hall–Kier alpha value is -2.34. The van der Waals surface area contributed by atoms with Gasteiger partial charge in [-0.25, -0.2) is 4.98 Å². The van der Waals surface area contributed by atoms with E-state index in [4.69, 9.17) is 5.73 Å². The third-order valence-electron chi connectivity index (χ3n) is 3.29. The smallest absolute Gasteiger partial charge is 0.324 e. The summed E-state index contributed by atoms with van der Waals surface area (Å²) in [6.07, 6.45) is -2.50. The molecule has 0 aliphatic rings. The van der Waals surface area contributed by atoms with Crippen LogP contribution in [0.25, 0.3) is 16.8 Å². The average Bonchev–Trinajstić information content (AvgIpc) is 2.85. The molecule has 0 saturated carbocycles. The second-order valence-electron chi connectivity index (χ2n) is 4.61. The molecule has 0 bridgehead atoms. The molecule has 0 spiro atoms. The van der Waals surface area contributed by atoms with Gasteiger partial charge in [0.2, 0.25) is 0 Å². The number of nitrogens with zero attached hydrogens (tertiary/aromatic N) is 2. The van der Waals surface area contributed by atoms with Gasteiger partial charge < -0.3 is 10.1 Å². The van der Waals surface area contributed by atoms with E-state index in [0.717, 1.165) is 17.6 Å². The molecule has 0 aliphatic carbocycles. The summed E-state index contributed by atoms with van der Waals surface area (Å²) in [6, 6.07) is 10.5. The van der Waals surface area contributed by atoms with Crippen LogP contribution in [0.3, 0.4) is 0 Å². The fraction of sp³-hybridized carbons (Fsp3) is 0.133. The average molecular weight is 291 g/mol. The molecule has 108 valence electrons. The Bertz CT molecular complexity index is 773. The van der Waals surface area contributed by atoms with E-state index < -0.39 is 11.7 Å². The van der Waals surface area contributed by atoms with Crippen molar-refractivity contribution in [2.45, 2.75) is 12.7 Å². The maximum atomic E-state index is 12.6. The number of hydrogen-bond donors (Lipinski definition) is 1. The minimum Gasteiger partial charge on any atom is -0.324 e. The molecule has 3 rings (SSSR count). The largest absolute Gasteiger partial charge is 0.416 e. The van der Waals surface area contributed by atoms with E-state index in [1.807, 2.05) is 28.8 Å². The van der Waals surface area contributed by atoms with E-state index in [1.54, 1.807) is 0 Å². The number of rotatable bonds is 2. The van der Waals surface area contributed by atoms with Gasteiger partial charge in [0.1, 0.15) is 5.82 Å². The van der Waals surface area contributed by atoms with Gasteiger partial charge in [-0.05, 0) is 24.3 Å². The Labute approximate surface area is 118 Å². The van der Waals surface area contributed by atoms with Gasteiger partial charge in [-0.15, -0.1) is 0 Å². The van der Waals surface area contributed by atoms with Gasteiger partial charge in [-0.1, -0.05) is 18.2 Å². The quantitative estimate of drug-likeness (QED) is 0.785. The Morgan fingerprint density at radius 3 is 2.38 bits per heavy atom. The standard InChI is InChI=1S/C15H12F3N3/c16-15(17,18)11-6-4-10(5-7-11)14-12-3-1-2-8-21(12)13(9-19)20-14/h1-8H,9,19H2. The van der Waals surface area contributed by atoms with Crippen molar-refractivity contribution in [3.8, 4) is 11.3 Å². The summed E-state index contributed by atoms with van der Waals surface area (Å²) in [6.45, 7) is 0.256. The first-order valence-corrected chi connectivity index (χ1v) is 6.34. The van der Waals surface area contributed by atoms with Crippen LogP contribution in [0.2, 0.25) is 0 Å². The fourth-order valence-corrected chi connectivity index (χ4v) is 2.27. The van der Waals surface area contributed by atoms with Crippen LogP contribution in [0.15, 0.2) is 48.7 Å². The molecule has 1 aromatic carbocycles. The lowest BCUT2D eigenvalue weighted by Gasteiger charge is -2.06. The summed E-state index contributed by atoms with van der Waals surface area (Å²) in [5.74, 6) is 0.667. The van der Waals surface area contributed by atoms with Gasteiger partial charge in [-0.3, -0.25) is 0 Å². The van der Waals surface area contributed by atoms with Crippen LogP contribution in [0.1, 0.15) is 11.4 Å². The minimum absolute atomic E-state index is 0.256. The lowest BCUT2D eigenvalue weighted by molar-refractivity contribution is -0.137. The molecule has 2 heterocycles. The monoisotopic (exact) mass is 291 g/mol. The molecule has 3 nitrogen and oxygen atoms in total. The highest BCUT2D eigenvalue weighted by atomic mass is 19.4. The number of hydrogen-bond acceptors (Lipinski definition) is 2. The van der Waals surface area contributed by atoms with Crippen molar-refractivity contribution in [3.63, 3.8) is 0 Å². The normalized spacial score (nSPS) is 12.0. The molecule has 0 fully saturated rings. The third kappa shape index (κ3) is 2.38. The number of benzene rings is 1. The summed E-state index contributed by atoms with van der Waals surface area (Å²) in [7, 11) is 0. The lowest BCUT2D eigenvalue weighted by Crippen LogP contribution is -2.04. The number of pyridine rings is 1.